The van der Waals surface area contributed by atoms with E-state index in [0.717, 1.165) is 13.7 Å². The lowest BCUT2D eigenvalue weighted by Crippen LogP contribution is -2.58. The van der Waals surface area contributed by atoms with Gasteiger partial charge in [0.1, 0.15) is 0 Å². The van der Waals surface area contributed by atoms with Gasteiger partial charge in [-0.3, -0.25) is 0 Å². The highest BCUT2D eigenvalue weighted by atomic mass is 16.6. The molecule has 0 saturated carbocycles. The molecular weight excluding hydrogens is 266 g/mol. The van der Waals surface area contributed by atoms with Crippen LogP contribution in [-0.4, -0.2) is 39.6 Å². The third kappa shape index (κ3) is 2.06. The van der Waals surface area contributed by atoms with Crippen molar-refractivity contribution < 1.29 is 9.47 Å². The van der Waals surface area contributed by atoms with Crippen LogP contribution in [0.5, 0.6) is 0 Å². The standard InChI is InChI=1S/C12H15N3O5/c1-2-3-13-10(16)14(4-9-7-20-9)12(18)15(11(13)17)8-5-19-6-8/h2,8-9H,1,3-7H2. The highest BCUT2D eigenvalue weighted by Gasteiger charge is 2.30. The second kappa shape index (κ2) is 4.88. The van der Waals surface area contributed by atoms with Gasteiger partial charge in [-0.1, -0.05) is 6.08 Å². The van der Waals surface area contributed by atoms with Gasteiger partial charge < -0.3 is 9.47 Å². The molecule has 0 aromatic carbocycles. The van der Waals surface area contributed by atoms with Crippen LogP contribution in [0.2, 0.25) is 0 Å². The van der Waals surface area contributed by atoms with E-state index < -0.39 is 17.1 Å². The van der Waals surface area contributed by atoms with Crippen LogP contribution >= 0.6 is 0 Å². The molecule has 1 aromatic heterocycles. The molecule has 0 amide bonds. The van der Waals surface area contributed by atoms with Crippen LogP contribution in [0.25, 0.3) is 0 Å². The molecule has 3 heterocycles. The van der Waals surface area contributed by atoms with Crippen molar-refractivity contribution in [3.05, 3.63) is 44.1 Å². The van der Waals surface area contributed by atoms with Crippen molar-refractivity contribution in [1.29, 1.82) is 0 Å². The van der Waals surface area contributed by atoms with E-state index in [-0.39, 0.29) is 25.2 Å². The fraction of sp³-hybridized carbons (Fsp3) is 0.583. The van der Waals surface area contributed by atoms with Gasteiger partial charge in [0.25, 0.3) is 0 Å². The number of rotatable bonds is 5. The Morgan fingerprint density at radius 2 is 1.75 bits per heavy atom. The Morgan fingerprint density at radius 1 is 1.10 bits per heavy atom. The van der Waals surface area contributed by atoms with Crippen molar-refractivity contribution in [3.63, 3.8) is 0 Å². The van der Waals surface area contributed by atoms with Crippen molar-refractivity contribution in [2.75, 3.05) is 19.8 Å². The molecule has 0 aliphatic carbocycles. The number of hydrogen-bond acceptors (Lipinski definition) is 5. The normalized spacial score (nSPS) is 21.5. The third-order valence-corrected chi connectivity index (χ3v) is 3.42. The first kappa shape index (κ1) is 13.1. The minimum Gasteiger partial charge on any atom is -0.377 e. The third-order valence-electron chi connectivity index (χ3n) is 3.42. The monoisotopic (exact) mass is 281 g/mol. The topological polar surface area (TPSA) is 87.8 Å². The van der Waals surface area contributed by atoms with Crippen LogP contribution in [0, 0.1) is 0 Å². The van der Waals surface area contributed by atoms with E-state index in [1.165, 1.54) is 6.08 Å². The quantitative estimate of drug-likeness (QED) is 0.475. The van der Waals surface area contributed by atoms with Crippen LogP contribution in [0.1, 0.15) is 6.04 Å². The number of allylic oxidation sites excluding steroid dienone is 1. The lowest BCUT2D eigenvalue weighted by molar-refractivity contribution is -0.0288. The summed E-state index contributed by atoms with van der Waals surface area (Å²) in [6.45, 7) is 4.90. The SMILES string of the molecule is C=CCn1c(=O)n(CC2CO2)c(=O)n(C2COC2)c1=O. The molecule has 8 heteroatoms. The number of epoxide rings is 1. The summed E-state index contributed by atoms with van der Waals surface area (Å²) >= 11 is 0. The van der Waals surface area contributed by atoms with Crippen molar-refractivity contribution in [3.8, 4) is 0 Å². The molecule has 3 rings (SSSR count). The summed E-state index contributed by atoms with van der Waals surface area (Å²) in [7, 11) is 0. The molecule has 20 heavy (non-hydrogen) atoms. The largest absolute Gasteiger partial charge is 0.377 e. The zero-order chi connectivity index (χ0) is 14.3. The highest BCUT2D eigenvalue weighted by molar-refractivity contribution is 4.88. The molecule has 2 aliphatic rings. The van der Waals surface area contributed by atoms with Gasteiger partial charge in [-0.05, 0) is 0 Å². The number of hydrogen-bond donors (Lipinski definition) is 0. The van der Waals surface area contributed by atoms with E-state index >= 15 is 0 Å². The van der Waals surface area contributed by atoms with E-state index in [9.17, 15) is 14.4 Å². The minimum atomic E-state index is -0.619. The molecule has 0 spiro atoms. The van der Waals surface area contributed by atoms with E-state index in [1.807, 2.05) is 0 Å². The van der Waals surface area contributed by atoms with Crippen molar-refractivity contribution in [2.24, 2.45) is 0 Å². The predicted octanol–water partition coefficient (Wildman–Crippen LogP) is -1.67. The van der Waals surface area contributed by atoms with E-state index in [4.69, 9.17) is 9.47 Å². The van der Waals surface area contributed by atoms with Gasteiger partial charge in [-0.15, -0.1) is 6.58 Å². The fourth-order valence-corrected chi connectivity index (χ4v) is 2.15. The Labute approximate surface area is 113 Å². The molecule has 1 aromatic rings. The van der Waals surface area contributed by atoms with Crippen molar-refractivity contribution >= 4 is 0 Å². The Bertz CT molecular complexity index is 705. The number of aromatic nitrogens is 3. The zero-order valence-electron chi connectivity index (χ0n) is 10.9. The van der Waals surface area contributed by atoms with Crippen molar-refractivity contribution in [2.45, 2.75) is 25.2 Å². The van der Waals surface area contributed by atoms with Gasteiger partial charge in [-0.25, -0.2) is 28.1 Å². The molecule has 0 N–H and O–H groups in total. The lowest BCUT2D eigenvalue weighted by atomic mass is 10.2. The molecule has 0 radical (unpaired) electrons. The van der Waals surface area contributed by atoms with Crippen LogP contribution in [0.3, 0.4) is 0 Å². The molecule has 1 atom stereocenters. The predicted molar refractivity (Wildman–Crippen MR) is 69.0 cm³/mol. The first-order chi connectivity index (χ1) is 9.63. The summed E-state index contributed by atoms with van der Waals surface area (Å²) in [4.78, 5) is 36.8. The second-order valence-corrected chi connectivity index (χ2v) is 4.87. The molecule has 1 unspecified atom stereocenters. The van der Waals surface area contributed by atoms with Crippen LogP contribution in [0.4, 0.5) is 0 Å². The van der Waals surface area contributed by atoms with Crippen LogP contribution in [-0.2, 0) is 22.6 Å². The average Bonchev–Trinajstić information content (AvgIpc) is 3.17. The van der Waals surface area contributed by atoms with Crippen molar-refractivity contribution in [1.82, 2.24) is 13.7 Å². The summed E-state index contributed by atoms with van der Waals surface area (Å²) in [5, 5.41) is 0. The molecular formula is C12H15N3O5. The maximum absolute atomic E-state index is 12.3. The molecule has 108 valence electrons. The molecule has 2 saturated heterocycles. The second-order valence-electron chi connectivity index (χ2n) is 4.87. The maximum atomic E-state index is 12.3. The van der Waals surface area contributed by atoms with Crippen LogP contribution in [0.15, 0.2) is 27.0 Å². The number of ether oxygens (including phenoxy) is 2. The van der Waals surface area contributed by atoms with Gasteiger partial charge in [0, 0.05) is 0 Å². The maximum Gasteiger partial charge on any atom is 0.337 e. The Hall–Kier alpha value is -1.93. The lowest BCUT2D eigenvalue weighted by Gasteiger charge is -2.27. The summed E-state index contributed by atoms with van der Waals surface area (Å²) in [5.74, 6) is 0. The Morgan fingerprint density at radius 3 is 2.25 bits per heavy atom. The summed E-state index contributed by atoms with van der Waals surface area (Å²) in [5.41, 5.74) is -1.82. The van der Waals surface area contributed by atoms with E-state index in [0.29, 0.717) is 19.8 Å². The smallest absolute Gasteiger partial charge is 0.337 e. The van der Waals surface area contributed by atoms with E-state index in [1.54, 1.807) is 0 Å². The first-order valence-corrected chi connectivity index (χ1v) is 6.40. The van der Waals surface area contributed by atoms with Gasteiger partial charge in [-0.2, -0.15) is 0 Å². The highest BCUT2D eigenvalue weighted by Crippen LogP contribution is 2.12. The molecule has 0 bridgehead atoms. The van der Waals surface area contributed by atoms with Gasteiger partial charge in [0.2, 0.25) is 0 Å². The Kier molecular flexibility index (Phi) is 3.19. The molecule has 2 fully saturated rings. The van der Waals surface area contributed by atoms with Gasteiger partial charge >= 0.3 is 17.1 Å². The van der Waals surface area contributed by atoms with Crippen LogP contribution < -0.4 is 17.1 Å². The summed E-state index contributed by atoms with van der Waals surface area (Å²) in [6.07, 6.45) is 1.33. The minimum absolute atomic E-state index is 0.0665. The molecule has 2 aliphatic heterocycles. The summed E-state index contributed by atoms with van der Waals surface area (Å²) in [6, 6.07) is -0.307. The first-order valence-electron chi connectivity index (χ1n) is 6.40. The van der Waals surface area contributed by atoms with E-state index in [2.05, 4.69) is 6.58 Å². The summed E-state index contributed by atoms with van der Waals surface area (Å²) < 4.78 is 13.2. The Balaban J connectivity index is 2.19. The fourth-order valence-electron chi connectivity index (χ4n) is 2.15. The average molecular weight is 281 g/mol. The zero-order valence-corrected chi connectivity index (χ0v) is 10.9. The van der Waals surface area contributed by atoms with Gasteiger partial charge in [0.05, 0.1) is 45.1 Å². The van der Waals surface area contributed by atoms with Gasteiger partial charge in [0.15, 0.2) is 0 Å². The number of nitrogens with zero attached hydrogens (tertiary/aromatic N) is 3. The molecule has 8 nitrogen and oxygen atoms in total.